The second-order valence-electron chi connectivity index (χ2n) is 6.79. The molecule has 150 valence electrons. The molecule has 4 rings (SSSR count). The molecular formula is C24H22N4OS. The maximum absolute atomic E-state index is 12.3. The van der Waals surface area contributed by atoms with E-state index in [2.05, 4.69) is 22.4 Å². The summed E-state index contributed by atoms with van der Waals surface area (Å²) in [5.74, 6) is -0.126. The molecule has 0 atom stereocenters. The van der Waals surface area contributed by atoms with Crippen LogP contribution in [0.2, 0.25) is 0 Å². The minimum Gasteiger partial charge on any atom is -0.352 e. The van der Waals surface area contributed by atoms with E-state index in [-0.39, 0.29) is 5.91 Å². The first kappa shape index (κ1) is 19.8. The third kappa shape index (κ3) is 5.30. The van der Waals surface area contributed by atoms with Crippen LogP contribution in [0.25, 0.3) is 16.6 Å². The molecular weight excluding hydrogens is 392 g/mol. The Labute approximate surface area is 179 Å². The smallest absolute Gasteiger partial charge is 0.244 e. The van der Waals surface area contributed by atoms with Gasteiger partial charge in [0.25, 0.3) is 0 Å². The lowest BCUT2D eigenvalue weighted by Gasteiger charge is -2.01. The number of benzene rings is 1. The minimum atomic E-state index is -0.126. The summed E-state index contributed by atoms with van der Waals surface area (Å²) in [7, 11) is 0. The lowest BCUT2D eigenvalue weighted by molar-refractivity contribution is -0.116. The Hall–Kier alpha value is -3.51. The first-order chi connectivity index (χ1) is 14.8. The Morgan fingerprint density at radius 2 is 1.93 bits per heavy atom. The number of thiophene rings is 1. The van der Waals surface area contributed by atoms with Crippen molar-refractivity contribution in [2.45, 2.75) is 13.0 Å². The molecule has 1 N–H and O–H groups in total. The molecule has 0 bridgehead atoms. The van der Waals surface area contributed by atoms with E-state index in [9.17, 15) is 4.79 Å². The van der Waals surface area contributed by atoms with Crippen molar-refractivity contribution < 1.29 is 4.79 Å². The number of nitrogens with zero attached hydrogens (tertiary/aromatic N) is 3. The summed E-state index contributed by atoms with van der Waals surface area (Å²) >= 11 is 1.64. The van der Waals surface area contributed by atoms with E-state index in [4.69, 9.17) is 5.10 Å². The van der Waals surface area contributed by atoms with Crippen molar-refractivity contribution in [2.24, 2.45) is 0 Å². The van der Waals surface area contributed by atoms with Crippen LogP contribution in [0.3, 0.4) is 0 Å². The summed E-state index contributed by atoms with van der Waals surface area (Å²) in [5.41, 5.74) is 3.95. The van der Waals surface area contributed by atoms with Gasteiger partial charge in [-0.3, -0.25) is 14.5 Å². The van der Waals surface area contributed by atoms with Crippen molar-refractivity contribution in [1.29, 1.82) is 0 Å². The molecule has 0 aliphatic rings. The molecule has 5 nitrogen and oxygen atoms in total. The summed E-state index contributed by atoms with van der Waals surface area (Å²) in [5, 5.41) is 9.71. The van der Waals surface area contributed by atoms with Crippen molar-refractivity contribution in [3.05, 3.63) is 101 Å². The Morgan fingerprint density at radius 1 is 1.07 bits per heavy atom. The van der Waals surface area contributed by atoms with Crippen LogP contribution >= 0.6 is 11.3 Å². The van der Waals surface area contributed by atoms with Crippen LogP contribution in [0.15, 0.2) is 84.5 Å². The van der Waals surface area contributed by atoms with Gasteiger partial charge in [0.15, 0.2) is 0 Å². The summed E-state index contributed by atoms with van der Waals surface area (Å²) in [4.78, 5) is 17.6. The molecule has 0 unspecified atom stereocenters. The zero-order chi connectivity index (χ0) is 20.6. The van der Waals surface area contributed by atoms with Crippen LogP contribution in [0.5, 0.6) is 0 Å². The molecule has 6 heteroatoms. The van der Waals surface area contributed by atoms with Crippen molar-refractivity contribution in [3.63, 3.8) is 0 Å². The van der Waals surface area contributed by atoms with Crippen molar-refractivity contribution in [1.82, 2.24) is 20.1 Å². The van der Waals surface area contributed by atoms with Gasteiger partial charge in [0, 0.05) is 42.7 Å². The maximum Gasteiger partial charge on any atom is 0.244 e. The molecule has 0 saturated heterocycles. The highest BCUT2D eigenvalue weighted by Crippen LogP contribution is 2.27. The molecule has 0 aliphatic carbocycles. The van der Waals surface area contributed by atoms with Crippen molar-refractivity contribution in [2.75, 3.05) is 6.54 Å². The predicted octanol–water partition coefficient (Wildman–Crippen LogP) is 4.43. The highest BCUT2D eigenvalue weighted by Gasteiger charge is 2.11. The number of carbonyl (C=O) groups excluding carboxylic acids is 1. The standard InChI is InChI=1S/C24H22N4OS/c29-23(26-15-13-21-9-4-5-14-25-21)12-11-20-18-28(17-19-7-2-1-3-8-19)27-24(20)22-10-6-16-30-22/h1-12,14,16,18H,13,15,17H2,(H,26,29)/b12-11+. The molecule has 1 aromatic carbocycles. The molecule has 0 fully saturated rings. The lowest BCUT2D eigenvalue weighted by atomic mass is 10.2. The highest BCUT2D eigenvalue weighted by molar-refractivity contribution is 7.13. The number of nitrogens with one attached hydrogen (secondary N) is 1. The molecule has 3 heterocycles. The number of hydrogen-bond acceptors (Lipinski definition) is 4. The SMILES string of the molecule is O=C(/C=C/c1cn(Cc2ccccc2)nc1-c1cccs1)NCCc1ccccn1. The van der Waals surface area contributed by atoms with E-state index < -0.39 is 0 Å². The lowest BCUT2D eigenvalue weighted by Crippen LogP contribution is -2.23. The zero-order valence-electron chi connectivity index (χ0n) is 16.4. The number of pyridine rings is 1. The summed E-state index contributed by atoms with van der Waals surface area (Å²) in [6.07, 6.45) is 7.85. The summed E-state index contributed by atoms with van der Waals surface area (Å²) in [6.45, 7) is 1.23. The van der Waals surface area contributed by atoms with Gasteiger partial charge in [0.1, 0.15) is 5.69 Å². The van der Waals surface area contributed by atoms with Gasteiger partial charge in [-0.25, -0.2) is 0 Å². The quantitative estimate of drug-likeness (QED) is 0.434. The minimum absolute atomic E-state index is 0.126. The number of aromatic nitrogens is 3. The van der Waals surface area contributed by atoms with Gasteiger partial charge in [-0.05, 0) is 35.2 Å². The largest absolute Gasteiger partial charge is 0.352 e. The van der Waals surface area contributed by atoms with Crippen molar-refractivity contribution >= 4 is 23.3 Å². The predicted molar refractivity (Wildman–Crippen MR) is 121 cm³/mol. The van der Waals surface area contributed by atoms with Crippen molar-refractivity contribution in [3.8, 4) is 10.6 Å². The van der Waals surface area contributed by atoms with Gasteiger partial charge in [0.05, 0.1) is 11.4 Å². The molecule has 30 heavy (non-hydrogen) atoms. The van der Waals surface area contributed by atoms with E-state index in [1.54, 1.807) is 23.6 Å². The van der Waals surface area contributed by atoms with Crippen LogP contribution in [-0.4, -0.2) is 27.2 Å². The van der Waals surface area contributed by atoms with Gasteiger partial charge in [0.2, 0.25) is 5.91 Å². The van der Waals surface area contributed by atoms with E-state index in [1.165, 1.54) is 5.56 Å². The summed E-state index contributed by atoms with van der Waals surface area (Å²) in [6, 6.07) is 20.1. The van der Waals surface area contributed by atoms with E-state index in [1.807, 2.05) is 70.9 Å². The molecule has 4 aromatic rings. The van der Waals surface area contributed by atoms with Crippen LogP contribution in [0, 0.1) is 0 Å². The number of amides is 1. The monoisotopic (exact) mass is 414 g/mol. The van der Waals surface area contributed by atoms with Crippen LogP contribution in [0.1, 0.15) is 16.8 Å². The fourth-order valence-electron chi connectivity index (χ4n) is 3.10. The summed E-state index contributed by atoms with van der Waals surface area (Å²) < 4.78 is 1.92. The molecule has 1 amide bonds. The van der Waals surface area contributed by atoms with Gasteiger partial charge in [-0.1, -0.05) is 42.5 Å². The second kappa shape index (κ2) is 9.80. The molecule has 0 spiro atoms. The average Bonchev–Trinajstić information content (AvgIpc) is 3.44. The number of hydrogen-bond donors (Lipinski definition) is 1. The van der Waals surface area contributed by atoms with Crippen LogP contribution in [-0.2, 0) is 17.8 Å². The third-order valence-corrected chi connectivity index (χ3v) is 5.43. The average molecular weight is 415 g/mol. The van der Waals surface area contributed by atoms with Gasteiger partial charge < -0.3 is 5.32 Å². The number of carbonyl (C=O) groups is 1. The fraction of sp³-hybridized carbons (Fsp3) is 0.125. The molecule has 0 radical (unpaired) electrons. The zero-order valence-corrected chi connectivity index (χ0v) is 17.3. The highest BCUT2D eigenvalue weighted by atomic mass is 32.1. The Balaban J connectivity index is 1.44. The van der Waals surface area contributed by atoms with Gasteiger partial charge >= 0.3 is 0 Å². The van der Waals surface area contributed by atoms with E-state index in [0.29, 0.717) is 19.5 Å². The van der Waals surface area contributed by atoms with E-state index >= 15 is 0 Å². The van der Waals surface area contributed by atoms with Gasteiger partial charge in [-0.15, -0.1) is 11.3 Å². The first-order valence-electron chi connectivity index (χ1n) is 9.79. The topological polar surface area (TPSA) is 59.8 Å². The van der Waals surface area contributed by atoms with Crippen LogP contribution in [0.4, 0.5) is 0 Å². The van der Waals surface area contributed by atoms with Crippen LogP contribution < -0.4 is 5.32 Å². The number of rotatable bonds is 8. The Morgan fingerprint density at radius 3 is 2.70 bits per heavy atom. The maximum atomic E-state index is 12.3. The molecule has 3 aromatic heterocycles. The Bertz CT molecular complexity index is 1100. The third-order valence-electron chi connectivity index (χ3n) is 4.55. The van der Waals surface area contributed by atoms with E-state index in [0.717, 1.165) is 21.8 Å². The molecule has 0 saturated carbocycles. The Kier molecular flexibility index (Phi) is 6.47. The normalized spacial score (nSPS) is 11.1. The fourth-order valence-corrected chi connectivity index (χ4v) is 3.83. The van der Waals surface area contributed by atoms with Gasteiger partial charge in [-0.2, -0.15) is 5.10 Å². The first-order valence-corrected chi connectivity index (χ1v) is 10.7. The molecule has 0 aliphatic heterocycles. The second-order valence-corrected chi connectivity index (χ2v) is 7.74.